The molecule has 2 aromatic carbocycles. The summed E-state index contributed by atoms with van der Waals surface area (Å²) in [6.07, 6.45) is 1.41. The van der Waals surface area contributed by atoms with Crippen LogP contribution in [0.4, 0.5) is 8.78 Å². The summed E-state index contributed by atoms with van der Waals surface area (Å²) in [7, 11) is 1.56. The predicted molar refractivity (Wildman–Crippen MR) is 86.4 cm³/mol. The normalized spacial score (nSPS) is 11.6. The summed E-state index contributed by atoms with van der Waals surface area (Å²) in [5, 5.41) is 3.97. The van der Waals surface area contributed by atoms with Crippen LogP contribution in [0.15, 0.2) is 47.0 Å². The maximum Gasteiger partial charge on any atom is 0.269 e. The van der Waals surface area contributed by atoms with Crippen LogP contribution in [0.5, 0.6) is 5.75 Å². The van der Waals surface area contributed by atoms with Gasteiger partial charge in [-0.05, 0) is 35.9 Å². The molecule has 0 N–H and O–H groups in total. The van der Waals surface area contributed by atoms with Gasteiger partial charge in [-0.25, -0.2) is 8.78 Å². The van der Waals surface area contributed by atoms with Crippen LogP contribution in [0.2, 0.25) is 0 Å². The molecule has 7 heteroatoms. The van der Waals surface area contributed by atoms with Crippen molar-refractivity contribution in [3.8, 4) is 17.1 Å². The molecule has 0 unspecified atom stereocenters. The number of nitrogens with zero attached hydrogens (tertiary/aromatic N) is 2. The Morgan fingerprint density at radius 1 is 1.17 bits per heavy atom. The van der Waals surface area contributed by atoms with Crippen molar-refractivity contribution in [1.29, 1.82) is 0 Å². The topological polar surface area (TPSA) is 48.2 Å². The molecule has 3 rings (SSSR count). The summed E-state index contributed by atoms with van der Waals surface area (Å²) in [5.74, 6) is -0.834. The second kappa shape index (κ2) is 6.80. The molecule has 0 aliphatic rings. The molecule has 3 aromatic rings. The fraction of sp³-hybridized carbons (Fsp3) is 0.0588. The second-order valence-electron chi connectivity index (χ2n) is 4.82. The van der Waals surface area contributed by atoms with E-state index in [9.17, 15) is 8.78 Å². The molecule has 0 atom stereocenters. The molecule has 0 saturated carbocycles. The Bertz CT molecular complexity index is 909. The SMILES string of the molecule is COc1cccc(-c2noc(/C(Cl)=C/c3ccc(F)c(F)c3)n2)c1. The number of rotatable bonds is 4. The van der Waals surface area contributed by atoms with Crippen molar-refractivity contribution in [3.63, 3.8) is 0 Å². The minimum atomic E-state index is -0.962. The van der Waals surface area contributed by atoms with Gasteiger partial charge in [0, 0.05) is 5.56 Å². The molecule has 0 aliphatic carbocycles. The molecule has 24 heavy (non-hydrogen) atoms. The summed E-state index contributed by atoms with van der Waals surface area (Å²) in [5.41, 5.74) is 1.07. The van der Waals surface area contributed by atoms with Crippen LogP contribution in [0, 0.1) is 11.6 Å². The molecule has 0 radical (unpaired) electrons. The highest BCUT2D eigenvalue weighted by atomic mass is 35.5. The van der Waals surface area contributed by atoms with Gasteiger partial charge >= 0.3 is 0 Å². The molecule has 0 aliphatic heterocycles. The highest BCUT2D eigenvalue weighted by molar-refractivity contribution is 6.50. The van der Waals surface area contributed by atoms with E-state index in [4.69, 9.17) is 20.9 Å². The van der Waals surface area contributed by atoms with Gasteiger partial charge < -0.3 is 9.26 Å². The molecule has 0 fully saturated rings. The van der Waals surface area contributed by atoms with E-state index >= 15 is 0 Å². The van der Waals surface area contributed by atoms with Gasteiger partial charge in [0.15, 0.2) is 11.6 Å². The first-order valence-corrected chi connectivity index (χ1v) is 7.25. The van der Waals surface area contributed by atoms with Crippen LogP contribution in [0.25, 0.3) is 22.5 Å². The van der Waals surface area contributed by atoms with E-state index < -0.39 is 11.6 Å². The Morgan fingerprint density at radius 2 is 2.00 bits per heavy atom. The quantitative estimate of drug-likeness (QED) is 0.682. The Kier molecular flexibility index (Phi) is 4.57. The summed E-state index contributed by atoms with van der Waals surface area (Å²) in [4.78, 5) is 4.19. The van der Waals surface area contributed by atoms with Gasteiger partial charge in [0.2, 0.25) is 5.82 Å². The molecule has 0 amide bonds. The third-order valence-corrected chi connectivity index (χ3v) is 3.47. The van der Waals surface area contributed by atoms with Crippen LogP contribution >= 0.6 is 11.6 Å². The van der Waals surface area contributed by atoms with Crippen molar-refractivity contribution >= 4 is 22.7 Å². The fourth-order valence-electron chi connectivity index (χ4n) is 2.01. The van der Waals surface area contributed by atoms with E-state index in [-0.39, 0.29) is 10.9 Å². The summed E-state index contributed by atoms with van der Waals surface area (Å²) in [6.45, 7) is 0. The lowest BCUT2D eigenvalue weighted by atomic mass is 10.2. The second-order valence-corrected chi connectivity index (χ2v) is 5.23. The Labute approximate surface area is 141 Å². The lowest BCUT2D eigenvalue weighted by Gasteiger charge is -1.99. The molecule has 0 spiro atoms. The molecule has 0 saturated heterocycles. The summed E-state index contributed by atoms with van der Waals surface area (Å²) in [6, 6.07) is 10.6. The molecular formula is C17H11ClF2N2O2. The number of methoxy groups -OCH3 is 1. The van der Waals surface area contributed by atoms with Gasteiger partial charge in [0.25, 0.3) is 5.89 Å². The standard InChI is InChI=1S/C17H11ClF2N2O2/c1-23-12-4-2-3-11(9-12)16-21-17(24-22-16)13(18)7-10-5-6-14(19)15(20)8-10/h2-9H,1H3/b13-7-. The van der Waals surface area contributed by atoms with E-state index in [0.717, 1.165) is 12.1 Å². The lowest BCUT2D eigenvalue weighted by molar-refractivity contribution is 0.409. The minimum Gasteiger partial charge on any atom is -0.497 e. The zero-order chi connectivity index (χ0) is 17.1. The van der Waals surface area contributed by atoms with Crippen LogP contribution in [-0.4, -0.2) is 17.3 Å². The molecule has 0 bridgehead atoms. The summed E-state index contributed by atoms with van der Waals surface area (Å²) >= 11 is 6.12. The number of ether oxygens (including phenoxy) is 1. The van der Waals surface area contributed by atoms with Crippen molar-refractivity contribution in [2.45, 2.75) is 0 Å². The van der Waals surface area contributed by atoms with Gasteiger partial charge in [-0.2, -0.15) is 4.98 Å². The van der Waals surface area contributed by atoms with Crippen molar-refractivity contribution in [2.24, 2.45) is 0 Å². The van der Waals surface area contributed by atoms with Crippen molar-refractivity contribution in [3.05, 3.63) is 65.6 Å². The first-order valence-electron chi connectivity index (χ1n) is 6.87. The average molecular weight is 349 g/mol. The van der Waals surface area contributed by atoms with E-state index in [2.05, 4.69) is 10.1 Å². The monoisotopic (exact) mass is 348 g/mol. The lowest BCUT2D eigenvalue weighted by Crippen LogP contribution is -1.86. The highest BCUT2D eigenvalue weighted by Crippen LogP contribution is 2.26. The largest absolute Gasteiger partial charge is 0.497 e. The average Bonchev–Trinajstić information content (AvgIpc) is 3.08. The van der Waals surface area contributed by atoms with Crippen LogP contribution in [-0.2, 0) is 0 Å². The Morgan fingerprint density at radius 3 is 2.75 bits per heavy atom. The molecule has 4 nitrogen and oxygen atoms in total. The van der Waals surface area contributed by atoms with E-state index in [1.807, 2.05) is 0 Å². The van der Waals surface area contributed by atoms with E-state index in [0.29, 0.717) is 22.7 Å². The highest BCUT2D eigenvalue weighted by Gasteiger charge is 2.12. The maximum atomic E-state index is 13.2. The van der Waals surface area contributed by atoms with Crippen molar-refractivity contribution in [2.75, 3.05) is 7.11 Å². The Balaban J connectivity index is 1.88. The van der Waals surface area contributed by atoms with Gasteiger partial charge in [-0.1, -0.05) is 35.0 Å². The minimum absolute atomic E-state index is 0.0687. The first kappa shape index (κ1) is 16.1. The van der Waals surface area contributed by atoms with E-state index in [1.54, 1.807) is 31.4 Å². The molecule has 122 valence electrons. The van der Waals surface area contributed by atoms with Crippen LogP contribution in [0.1, 0.15) is 11.5 Å². The molecule has 1 heterocycles. The zero-order valence-electron chi connectivity index (χ0n) is 12.5. The summed E-state index contributed by atoms with van der Waals surface area (Å²) < 4.78 is 36.4. The van der Waals surface area contributed by atoms with Gasteiger partial charge in [-0.3, -0.25) is 0 Å². The van der Waals surface area contributed by atoms with Gasteiger partial charge in [0.1, 0.15) is 10.8 Å². The number of hydrogen-bond donors (Lipinski definition) is 0. The first-order chi connectivity index (χ1) is 11.6. The molecule has 1 aromatic heterocycles. The third-order valence-electron chi connectivity index (χ3n) is 3.20. The number of benzene rings is 2. The number of halogens is 3. The zero-order valence-corrected chi connectivity index (χ0v) is 13.2. The van der Waals surface area contributed by atoms with E-state index in [1.165, 1.54) is 12.1 Å². The van der Waals surface area contributed by atoms with Crippen LogP contribution in [0.3, 0.4) is 0 Å². The molecular weight excluding hydrogens is 338 g/mol. The third kappa shape index (κ3) is 3.44. The smallest absolute Gasteiger partial charge is 0.269 e. The van der Waals surface area contributed by atoms with Gasteiger partial charge in [-0.15, -0.1) is 0 Å². The van der Waals surface area contributed by atoms with Crippen molar-refractivity contribution < 1.29 is 18.0 Å². The Hall–Kier alpha value is -2.73. The number of hydrogen-bond acceptors (Lipinski definition) is 4. The van der Waals surface area contributed by atoms with Crippen molar-refractivity contribution in [1.82, 2.24) is 10.1 Å². The fourth-order valence-corrected chi connectivity index (χ4v) is 2.21. The van der Waals surface area contributed by atoms with Crippen LogP contribution < -0.4 is 4.74 Å². The predicted octanol–water partition coefficient (Wildman–Crippen LogP) is 4.76. The van der Waals surface area contributed by atoms with Gasteiger partial charge in [0.05, 0.1) is 7.11 Å². The maximum absolute atomic E-state index is 13.2. The number of aromatic nitrogens is 2.